The van der Waals surface area contributed by atoms with Crippen LogP contribution in [0.5, 0.6) is 11.5 Å². The molecule has 1 fully saturated rings. The molecule has 0 aromatic heterocycles. The van der Waals surface area contributed by atoms with Gasteiger partial charge in [0.15, 0.2) is 11.5 Å². The van der Waals surface area contributed by atoms with Gasteiger partial charge in [0.2, 0.25) is 10.0 Å². The molecule has 0 spiro atoms. The van der Waals surface area contributed by atoms with Crippen molar-refractivity contribution < 1.29 is 22.3 Å². The molecule has 26 heavy (non-hydrogen) atoms. The number of benzene rings is 2. The summed E-state index contributed by atoms with van der Waals surface area (Å²) < 4.78 is 52.4. The van der Waals surface area contributed by atoms with Gasteiger partial charge in [-0.2, -0.15) is 0 Å². The van der Waals surface area contributed by atoms with Gasteiger partial charge in [-0.05, 0) is 61.2 Å². The third-order valence-electron chi connectivity index (χ3n) is 5.05. The van der Waals surface area contributed by atoms with Crippen LogP contribution in [0.4, 0.5) is 4.39 Å². The van der Waals surface area contributed by atoms with E-state index >= 15 is 0 Å². The number of halogens is 1. The molecule has 0 saturated heterocycles. The van der Waals surface area contributed by atoms with Gasteiger partial charge in [-0.15, -0.1) is 0 Å². The van der Waals surface area contributed by atoms with Crippen LogP contribution in [0.3, 0.4) is 0 Å². The van der Waals surface area contributed by atoms with Crippen LogP contribution in [-0.2, 0) is 15.4 Å². The van der Waals surface area contributed by atoms with Crippen molar-refractivity contribution in [2.75, 3.05) is 19.8 Å². The summed E-state index contributed by atoms with van der Waals surface area (Å²) in [7, 11) is -3.69. The molecule has 0 atom stereocenters. The van der Waals surface area contributed by atoms with Crippen molar-refractivity contribution in [2.45, 2.75) is 30.1 Å². The molecule has 1 saturated carbocycles. The molecule has 1 N–H and O–H groups in total. The second-order valence-corrected chi connectivity index (χ2v) is 8.64. The Morgan fingerprint density at radius 3 is 2.50 bits per heavy atom. The lowest BCUT2D eigenvalue weighted by atomic mass is 9.96. The summed E-state index contributed by atoms with van der Waals surface area (Å²) in [5, 5.41) is 0. The molecule has 1 heterocycles. The topological polar surface area (TPSA) is 64.6 Å². The highest BCUT2D eigenvalue weighted by molar-refractivity contribution is 7.89. The highest BCUT2D eigenvalue weighted by atomic mass is 32.2. The van der Waals surface area contributed by atoms with Crippen LogP contribution in [0.25, 0.3) is 0 Å². The number of sulfonamides is 1. The van der Waals surface area contributed by atoms with Crippen molar-refractivity contribution in [2.24, 2.45) is 0 Å². The van der Waals surface area contributed by atoms with Crippen LogP contribution in [0.2, 0.25) is 0 Å². The zero-order valence-corrected chi connectivity index (χ0v) is 15.2. The first-order valence-corrected chi connectivity index (χ1v) is 10.0. The summed E-state index contributed by atoms with van der Waals surface area (Å²) in [5.41, 5.74) is 1.12. The Bertz CT molecular complexity index is 954. The van der Waals surface area contributed by atoms with E-state index in [1.807, 2.05) is 18.2 Å². The maximum absolute atomic E-state index is 13.4. The van der Waals surface area contributed by atoms with Crippen LogP contribution in [0.1, 0.15) is 24.0 Å². The molecule has 1 aliphatic carbocycles. The van der Waals surface area contributed by atoms with E-state index in [0.717, 1.165) is 24.2 Å². The van der Waals surface area contributed by atoms with E-state index in [9.17, 15) is 12.8 Å². The van der Waals surface area contributed by atoms with Crippen LogP contribution >= 0.6 is 0 Å². The molecule has 1 aliphatic heterocycles. The normalized spacial score (nSPS) is 17.8. The molecule has 2 aromatic carbocycles. The van der Waals surface area contributed by atoms with Crippen molar-refractivity contribution in [1.29, 1.82) is 0 Å². The zero-order valence-electron chi connectivity index (χ0n) is 14.4. The Balaban J connectivity index is 1.52. The standard InChI is InChI=1S/C19H20FNO4S/c1-13-10-15(3-4-16(13)20)26(22,23)21-12-19(6-7-19)14-2-5-17-18(11-14)25-9-8-24-17/h2-5,10-11,21H,6-9,12H2,1H3. The van der Waals surface area contributed by atoms with Gasteiger partial charge in [-0.25, -0.2) is 17.5 Å². The number of nitrogens with one attached hydrogen (secondary N) is 1. The number of fused-ring (bicyclic) bond motifs is 1. The Morgan fingerprint density at radius 1 is 1.08 bits per heavy atom. The fraction of sp³-hybridized carbons (Fsp3) is 0.368. The second-order valence-electron chi connectivity index (χ2n) is 6.87. The molecule has 4 rings (SSSR count). The Labute approximate surface area is 152 Å². The van der Waals surface area contributed by atoms with Crippen molar-refractivity contribution in [3.63, 3.8) is 0 Å². The molecule has 2 aromatic rings. The predicted molar refractivity (Wildman–Crippen MR) is 94.7 cm³/mol. The smallest absolute Gasteiger partial charge is 0.240 e. The van der Waals surface area contributed by atoms with Gasteiger partial charge in [-0.1, -0.05) is 6.07 Å². The van der Waals surface area contributed by atoms with Crippen LogP contribution in [0, 0.1) is 12.7 Å². The third kappa shape index (κ3) is 3.17. The van der Waals surface area contributed by atoms with E-state index in [2.05, 4.69) is 4.72 Å². The maximum atomic E-state index is 13.4. The molecular weight excluding hydrogens is 357 g/mol. The molecule has 0 amide bonds. The monoisotopic (exact) mass is 377 g/mol. The first-order valence-electron chi connectivity index (χ1n) is 8.56. The van der Waals surface area contributed by atoms with Gasteiger partial charge in [-0.3, -0.25) is 0 Å². The number of rotatable bonds is 5. The number of aryl methyl sites for hydroxylation is 1. The predicted octanol–water partition coefficient (Wildman–Crippen LogP) is 2.92. The van der Waals surface area contributed by atoms with Crippen molar-refractivity contribution in [1.82, 2.24) is 4.72 Å². The number of ether oxygens (including phenoxy) is 2. The van der Waals surface area contributed by atoms with Gasteiger partial charge in [0, 0.05) is 12.0 Å². The molecule has 0 unspecified atom stereocenters. The largest absolute Gasteiger partial charge is 0.486 e. The Kier molecular flexibility index (Phi) is 4.16. The fourth-order valence-electron chi connectivity index (χ4n) is 3.19. The minimum atomic E-state index is -3.69. The minimum absolute atomic E-state index is 0.0781. The summed E-state index contributed by atoms with van der Waals surface area (Å²) in [5.74, 6) is 1.01. The van der Waals surface area contributed by atoms with E-state index in [4.69, 9.17) is 9.47 Å². The number of hydrogen-bond donors (Lipinski definition) is 1. The summed E-state index contributed by atoms with van der Waals surface area (Å²) in [6.45, 7) is 2.89. The summed E-state index contributed by atoms with van der Waals surface area (Å²) in [6.07, 6.45) is 1.80. The maximum Gasteiger partial charge on any atom is 0.240 e. The molecule has 138 valence electrons. The van der Waals surface area contributed by atoms with Gasteiger partial charge in [0.1, 0.15) is 19.0 Å². The fourth-order valence-corrected chi connectivity index (χ4v) is 4.40. The second kappa shape index (κ2) is 6.25. The molecule has 2 aliphatic rings. The van der Waals surface area contributed by atoms with Crippen molar-refractivity contribution in [3.8, 4) is 11.5 Å². The molecular formula is C19H20FNO4S. The van der Waals surface area contributed by atoms with Gasteiger partial charge >= 0.3 is 0 Å². The lowest BCUT2D eigenvalue weighted by Gasteiger charge is -2.22. The average Bonchev–Trinajstić information content (AvgIpc) is 3.43. The van der Waals surface area contributed by atoms with E-state index in [0.29, 0.717) is 31.1 Å². The minimum Gasteiger partial charge on any atom is -0.486 e. The van der Waals surface area contributed by atoms with Crippen molar-refractivity contribution in [3.05, 3.63) is 53.3 Å². The van der Waals surface area contributed by atoms with Gasteiger partial charge in [0.05, 0.1) is 4.90 Å². The summed E-state index contributed by atoms with van der Waals surface area (Å²) in [6, 6.07) is 9.60. The van der Waals surface area contributed by atoms with Gasteiger partial charge < -0.3 is 9.47 Å². The van der Waals surface area contributed by atoms with Crippen LogP contribution in [0.15, 0.2) is 41.3 Å². The first-order chi connectivity index (χ1) is 12.4. The molecule has 7 heteroatoms. The van der Waals surface area contributed by atoms with Crippen LogP contribution in [-0.4, -0.2) is 28.2 Å². The molecule has 5 nitrogen and oxygen atoms in total. The van der Waals surface area contributed by atoms with E-state index in [-0.39, 0.29) is 10.3 Å². The first kappa shape index (κ1) is 17.3. The highest BCUT2D eigenvalue weighted by Crippen LogP contribution is 2.49. The lowest BCUT2D eigenvalue weighted by Crippen LogP contribution is -2.32. The lowest BCUT2D eigenvalue weighted by molar-refractivity contribution is 0.171. The van der Waals surface area contributed by atoms with E-state index in [1.54, 1.807) is 6.92 Å². The van der Waals surface area contributed by atoms with Crippen molar-refractivity contribution >= 4 is 10.0 Å². The Morgan fingerprint density at radius 2 is 1.81 bits per heavy atom. The van der Waals surface area contributed by atoms with E-state index < -0.39 is 15.8 Å². The summed E-state index contributed by atoms with van der Waals surface area (Å²) >= 11 is 0. The Hall–Kier alpha value is -2.12. The highest BCUT2D eigenvalue weighted by Gasteiger charge is 2.45. The third-order valence-corrected chi connectivity index (χ3v) is 6.45. The number of hydrogen-bond acceptors (Lipinski definition) is 4. The van der Waals surface area contributed by atoms with Gasteiger partial charge in [0.25, 0.3) is 0 Å². The molecule has 0 radical (unpaired) electrons. The molecule has 0 bridgehead atoms. The quantitative estimate of drug-likeness (QED) is 0.870. The summed E-state index contributed by atoms with van der Waals surface area (Å²) in [4.78, 5) is 0.0781. The average molecular weight is 377 g/mol. The SMILES string of the molecule is Cc1cc(S(=O)(=O)NCC2(c3ccc4c(c3)OCCO4)CC2)ccc1F. The van der Waals surface area contributed by atoms with E-state index in [1.165, 1.54) is 18.2 Å². The van der Waals surface area contributed by atoms with Crippen LogP contribution < -0.4 is 14.2 Å². The zero-order chi connectivity index (χ0) is 18.4.